The molecule has 0 aliphatic rings. The fourth-order valence-corrected chi connectivity index (χ4v) is 1.49. The molecule has 3 nitrogen and oxygen atoms in total. The SMILES string of the molecule is Cc1ccccc1OCCC[NH2+]C[C@@H](C)O. The molecule has 1 atom stereocenters. The summed E-state index contributed by atoms with van der Waals surface area (Å²) in [6, 6.07) is 8.05. The number of nitrogens with two attached hydrogens (primary N) is 1. The summed E-state index contributed by atoms with van der Waals surface area (Å²) in [6.07, 6.45) is 0.776. The minimum Gasteiger partial charge on any atom is -0.493 e. The predicted molar refractivity (Wildman–Crippen MR) is 64.6 cm³/mol. The number of aliphatic hydroxyl groups is 1. The Bertz CT molecular complexity index is 300. The van der Waals surface area contributed by atoms with Gasteiger partial charge in [-0.2, -0.15) is 0 Å². The van der Waals surface area contributed by atoms with Crippen molar-refractivity contribution < 1.29 is 15.2 Å². The zero-order chi connectivity index (χ0) is 11.8. The number of aryl methyl sites for hydroxylation is 1. The van der Waals surface area contributed by atoms with Crippen LogP contribution in [0.2, 0.25) is 0 Å². The van der Waals surface area contributed by atoms with E-state index in [1.165, 1.54) is 5.56 Å². The normalized spacial score (nSPS) is 12.4. The Balaban J connectivity index is 2.10. The van der Waals surface area contributed by atoms with Crippen LogP contribution in [0.3, 0.4) is 0 Å². The lowest BCUT2D eigenvalue weighted by molar-refractivity contribution is -0.660. The maximum absolute atomic E-state index is 9.06. The molecule has 0 fully saturated rings. The second kappa shape index (κ2) is 7.25. The van der Waals surface area contributed by atoms with Gasteiger partial charge in [-0.25, -0.2) is 0 Å². The van der Waals surface area contributed by atoms with Crippen LogP contribution < -0.4 is 10.1 Å². The fourth-order valence-electron chi connectivity index (χ4n) is 1.49. The molecular formula is C13H22NO2+. The topological polar surface area (TPSA) is 46.1 Å². The molecule has 0 aliphatic heterocycles. The molecule has 0 heterocycles. The van der Waals surface area contributed by atoms with Gasteiger partial charge in [0.2, 0.25) is 0 Å². The molecule has 1 aromatic rings. The summed E-state index contributed by atoms with van der Waals surface area (Å²) in [7, 11) is 0. The first kappa shape index (κ1) is 13.0. The van der Waals surface area contributed by atoms with Gasteiger partial charge in [-0.05, 0) is 25.5 Å². The van der Waals surface area contributed by atoms with Gasteiger partial charge in [0, 0.05) is 6.42 Å². The first-order chi connectivity index (χ1) is 7.70. The largest absolute Gasteiger partial charge is 0.493 e. The average molecular weight is 224 g/mol. The van der Waals surface area contributed by atoms with Crippen molar-refractivity contribution in [3.05, 3.63) is 29.8 Å². The molecule has 0 radical (unpaired) electrons. The number of rotatable bonds is 7. The first-order valence-electron chi connectivity index (χ1n) is 5.88. The Labute approximate surface area is 97.4 Å². The molecule has 0 spiro atoms. The van der Waals surface area contributed by atoms with Crippen molar-refractivity contribution in [3.63, 3.8) is 0 Å². The van der Waals surface area contributed by atoms with Crippen LogP contribution in [-0.2, 0) is 0 Å². The summed E-state index contributed by atoms with van der Waals surface area (Å²) in [4.78, 5) is 0. The van der Waals surface area contributed by atoms with Gasteiger partial charge >= 0.3 is 0 Å². The summed E-state index contributed by atoms with van der Waals surface area (Å²) in [6.45, 7) is 6.36. The highest BCUT2D eigenvalue weighted by molar-refractivity contribution is 5.31. The summed E-state index contributed by atoms with van der Waals surface area (Å²) in [5.74, 6) is 0.970. The van der Waals surface area contributed by atoms with Crippen LogP contribution in [-0.4, -0.2) is 30.9 Å². The fraction of sp³-hybridized carbons (Fsp3) is 0.538. The van der Waals surface area contributed by atoms with E-state index in [2.05, 4.69) is 18.3 Å². The second-order valence-corrected chi connectivity index (χ2v) is 4.13. The number of ether oxygens (including phenoxy) is 1. The highest BCUT2D eigenvalue weighted by Crippen LogP contribution is 2.15. The van der Waals surface area contributed by atoms with Gasteiger partial charge in [-0.15, -0.1) is 0 Å². The van der Waals surface area contributed by atoms with Crippen LogP contribution in [0.5, 0.6) is 5.75 Å². The average Bonchev–Trinajstić information content (AvgIpc) is 2.25. The molecule has 0 unspecified atom stereocenters. The zero-order valence-electron chi connectivity index (χ0n) is 10.1. The van der Waals surface area contributed by atoms with Gasteiger partial charge in [0.15, 0.2) is 0 Å². The summed E-state index contributed by atoms with van der Waals surface area (Å²) in [5.41, 5.74) is 1.18. The standard InChI is InChI=1S/C13H21NO2/c1-11-6-3-4-7-13(11)16-9-5-8-14-10-12(2)15/h3-4,6-7,12,14-15H,5,8-10H2,1-2H3/p+1/t12-/m1/s1. The molecule has 0 aliphatic carbocycles. The van der Waals surface area contributed by atoms with Crippen molar-refractivity contribution >= 4 is 0 Å². The van der Waals surface area contributed by atoms with Gasteiger partial charge in [-0.1, -0.05) is 18.2 Å². The van der Waals surface area contributed by atoms with Gasteiger partial charge in [0.25, 0.3) is 0 Å². The highest BCUT2D eigenvalue weighted by Gasteiger charge is 1.99. The Morgan fingerprint density at radius 3 is 2.81 bits per heavy atom. The van der Waals surface area contributed by atoms with Crippen molar-refractivity contribution in [2.24, 2.45) is 0 Å². The highest BCUT2D eigenvalue weighted by atomic mass is 16.5. The number of para-hydroxylation sites is 1. The van der Waals surface area contributed by atoms with Crippen LogP contribution in [0, 0.1) is 6.92 Å². The molecule has 90 valence electrons. The predicted octanol–water partition coefficient (Wildman–Crippen LogP) is 0.708. The lowest BCUT2D eigenvalue weighted by Gasteiger charge is -2.08. The quantitative estimate of drug-likeness (QED) is 0.670. The number of aliphatic hydroxyl groups excluding tert-OH is 1. The van der Waals surface area contributed by atoms with Crippen molar-refractivity contribution in [2.75, 3.05) is 19.7 Å². The Morgan fingerprint density at radius 1 is 1.38 bits per heavy atom. The van der Waals surface area contributed by atoms with E-state index in [0.717, 1.165) is 31.9 Å². The molecule has 0 saturated carbocycles. The number of hydrogen-bond acceptors (Lipinski definition) is 2. The molecule has 0 bridgehead atoms. The minimum atomic E-state index is -0.225. The Hall–Kier alpha value is -1.06. The van der Waals surface area contributed by atoms with E-state index in [-0.39, 0.29) is 6.10 Å². The van der Waals surface area contributed by atoms with E-state index in [4.69, 9.17) is 9.84 Å². The molecule has 0 aromatic heterocycles. The van der Waals surface area contributed by atoms with Crippen LogP contribution in [0.1, 0.15) is 18.9 Å². The Kier molecular flexibility index (Phi) is 5.90. The molecule has 3 heteroatoms. The zero-order valence-corrected chi connectivity index (χ0v) is 10.1. The van der Waals surface area contributed by atoms with Crippen LogP contribution in [0.15, 0.2) is 24.3 Å². The smallest absolute Gasteiger partial charge is 0.122 e. The molecule has 0 amide bonds. The first-order valence-corrected chi connectivity index (χ1v) is 5.88. The monoisotopic (exact) mass is 224 g/mol. The van der Waals surface area contributed by atoms with E-state index in [9.17, 15) is 0 Å². The molecule has 0 saturated heterocycles. The molecular weight excluding hydrogens is 202 g/mol. The van der Waals surface area contributed by atoms with E-state index >= 15 is 0 Å². The van der Waals surface area contributed by atoms with E-state index in [1.807, 2.05) is 18.2 Å². The van der Waals surface area contributed by atoms with Crippen molar-refractivity contribution in [3.8, 4) is 5.75 Å². The third-order valence-electron chi connectivity index (χ3n) is 2.41. The number of quaternary nitrogens is 1. The molecule has 3 N–H and O–H groups in total. The lowest BCUT2D eigenvalue weighted by atomic mass is 10.2. The maximum atomic E-state index is 9.06. The van der Waals surface area contributed by atoms with Gasteiger partial charge in [-0.3, -0.25) is 0 Å². The number of hydrogen-bond donors (Lipinski definition) is 2. The van der Waals surface area contributed by atoms with E-state index in [1.54, 1.807) is 6.92 Å². The molecule has 1 rings (SSSR count). The minimum absolute atomic E-state index is 0.225. The second-order valence-electron chi connectivity index (χ2n) is 4.13. The Morgan fingerprint density at radius 2 is 2.12 bits per heavy atom. The third kappa shape index (κ3) is 5.14. The maximum Gasteiger partial charge on any atom is 0.122 e. The summed E-state index contributed by atoms with van der Waals surface area (Å²) < 4.78 is 5.66. The number of benzene rings is 1. The third-order valence-corrected chi connectivity index (χ3v) is 2.41. The summed E-state index contributed by atoms with van der Waals surface area (Å²) >= 11 is 0. The van der Waals surface area contributed by atoms with Crippen molar-refractivity contribution in [1.29, 1.82) is 0 Å². The van der Waals surface area contributed by atoms with Crippen molar-refractivity contribution in [2.45, 2.75) is 26.4 Å². The summed E-state index contributed by atoms with van der Waals surface area (Å²) in [5, 5.41) is 11.2. The lowest BCUT2D eigenvalue weighted by Crippen LogP contribution is -2.86. The molecule has 16 heavy (non-hydrogen) atoms. The van der Waals surface area contributed by atoms with Crippen LogP contribution in [0.4, 0.5) is 0 Å². The molecule has 1 aromatic carbocycles. The van der Waals surface area contributed by atoms with E-state index in [0.29, 0.717) is 0 Å². The van der Waals surface area contributed by atoms with Gasteiger partial charge < -0.3 is 15.2 Å². The van der Waals surface area contributed by atoms with Crippen LogP contribution in [0.25, 0.3) is 0 Å². The van der Waals surface area contributed by atoms with Crippen LogP contribution >= 0.6 is 0 Å². The van der Waals surface area contributed by atoms with Crippen molar-refractivity contribution in [1.82, 2.24) is 0 Å². The van der Waals surface area contributed by atoms with E-state index < -0.39 is 0 Å². The van der Waals surface area contributed by atoms with Gasteiger partial charge in [0.1, 0.15) is 12.3 Å². The van der Waals surface area contributed by atoms with Gasteiger partial charge in [0.05, 0.1) is 19.3 Å².